The molecule has 3 aromatic rings. The van der Waals surface area contributed by atoms with Crippen molar-refractivity contribution in [2.24, 2.45) is 0 Å². The topological polar surface area (TPSA) is 26.8 Å². The highest BCUT2D eigenvalue weighted by molar-refractivity contribution is 5.93. The van der Waals surface area contributed by atoms with Gasteiger partial charge in [-0.1, -0.05) is 66.7 Å². The number of rotatable bonds is 7. The van der Waals surface area contributed by atoms with E-state index in [1.807, 2.05) is 53.4 Å². The third-order valence-corrected chi connectivity index (χ3v) is 5.69. The van der Waals surface area contributed by atoms with Crippen LogP contribution in [0.15, 0.2) is 91.0 Å². The van der Waals surface area contributed by atoms with Gasteiger partial charge in [0.15, 0.2) is 0 Å². The van der Waals surface area contributed by atoms with Crippen LogP contribution in [0, 0.1) is 0 Å². The number of carbonyl (C=O) groups is 1. The zero-order valence-electron chi connectivity index (χ0n) is 17.4. The Kier molecular flexibility index (Phi) is 6.78. The molecule has 1 saturated heterocycles. The second-order valence-electron chi connectivity index (χ2n) is 7.72. The molecule has 0 radical (unpaired) electrons. The van der Waals surface area contributed by atoms with Gasteiger partial charge in [0.05, 0.1) is 6.54 Å². The van der Waals surface area contributed by atoms with Crippen LogP contribution < -0.4 is 9.80 Å². The summed E-state index contributed by atoms with van der Waals surface area (Å²) in [6, 6.07) is 30.8. The Labute approximate surface area is 179 Å². The van der Waals surface area contributed by atoms with Crippen molar-refractivity contribution >= 4 is 17.3 Å². The first-order valence-electron chi connectivity index (χ1n) is 10.7. The zero-order valence-corrected chi connectivity index (χ0v) is 17.4. The molecule has 4 nitrogen and oxygen atoms in total. The Hall–Kier alpha value is -3.11. The number of amides is 1. The highest BCUT2D eigenvalue weighted by Crippen LogP contribution is 2.19. The smallest absolute Gasteiger partial charge is 0.228 e. The number of benzene rings is 3. The molecule has 154 valence electrons. The van der Waals surface area contributed by atoms with Crippen molar-refractivity contribution in [1.82, 2.24) is 4.90 Å². The molecule has 3 aromatic carbocycles. The van der Waals surface area contributed by atoms with Crippen LogP contribution >= 0.6 is 0 Å². The largest absolute Gasteiger partial charge is 0.369 e. The summed E-state index contributed by atoms with van der Waals surface area (Å²) in [5, 5.41) is 0. The summed E-state index contributed by atoms with van der Waals surface area (Å²) < 4.78 is 0. The van der Waals surface area contributed by atoms with E-state index in [-0.39, 0.29) is 5.91 Å². The van der Waals surface area contributed by atoms with Gasteiger partial charge in [0, 0.05) is 50.5 Å². The van der Waals surface area contributed by atoms with E-state index in [1.54, 1.807) is 0 Å². The number of hydrogen-bond acceptors (Lipinski definition) is 3. The van der Waals surface area contributed by atoms with E-state index in [9.17, 15) is 4.79 Å². The van der Waals surface area contributed by atoms with Gasteiger partial charge in [-0.15, -0.1) is 0 Å². The molecule has 0 N–H and O–H groups in total. The minimum atomic E-state index is 0.176. The van der Waals surface area contributed by atoms with Crippen LogP contribution in [-0.4, -0.2) is 43.5 Å². The Balaban J connectivity index is 1.34. The van der Waals surface area contributed by atoms with Gasteiger partial charge in [-0.05, 0) is 29.8 Å². The molecule has 0 aromatic heterocycles. The van der Waals surface area contributed by atoms with Gasteiger partial charge in [-0.3, -0.25) is 9.69 Å². The summed E-state index contributed by atoms with van der Waals surface area (Å²) in [6.07, 6.45) is 0.535. The molecule has 1 fully saturated rings. The molecule has 1 aliphatic rings. The van der Waals surface area contributed by atoms with Crippen molar-refractivity contribution in [2.45, 2.75) is 13.0 Å². The average molecular weight is 400 g/mol. The van der Waals surface area contributed by atoms with Gasteiger partial charge in [0.2, 0.25) is 5.91 Å². The lowest BCUT2D eigenvalue weighted by molar-refractivity contribution is -0.119. The van der Waals surface area contributed by atoms with Gasteiger partial charge >= 0.3 is 0 Å². The van der Waals surface area contributed by atoms with E-state index >= 15 is 0 Å². The molecule has 0 bridgehead atoms. The van der Waals surface area contributed by atoms with Crippen molar-refractivity contribution in [2.75, 3.05) is 42.5 Å². The summed E-state index contributed by atoms with van der Waals surface area (Å²) >= 11 is 0. The summed E-state index contributed by atoms with van der Waals surface area (Å²) in [4.78, 5) is 19.9. The highest BCUT2D eigenvalue weighted by atomic mass is 16.2. The fourth-order valence-corrected chi connectivity index (χ4v) is 3.95. The monoisotopic (exact) mass is 399 g/mol. The van der Waals surface area contributed by atoms with E-state index in [4.69, 9.17) is 0 Å². The summed E-state index contributed by atoms with van der Waals surface area (Å²) in [7, 11) is 0. The lowest BCUT2D eigenvalue weighted by Gasteiger charge is -2.36. The molecule has 1 amide bonds. The fourth-order valence-electron chi connectivity index (χ4n) is 3.95. The Morgan fingerprint density at radius 2 is 1.30 bits per heavy atom. The fraction of sp³-hybridized carbons (Fsp3) is 0.269. The van der Waals surface area contributed by atoms with Crippen molar-refractivity contribution in [3.8, 4) is 0 Å². The van der Waals surface area contributed by atoms with Crippen LogP contribution in [0.4, 0.5) is 11.4 Å². The lowest BCUT2D eigenvalue weighted by Crippen LogP contribution is -2.47. The minimum Gasteiger partial charge on any atom is -0.369 e. The molecule has 0 saturated carbocycles. The lowest BCUT2D eigenvalue weighted by atomic mass is 10.1. The van der Waals surface area contributed by atoms with Crippen molar-refractivity contribution < 1.29 is 4.79 Å². The third-order valence-electron chi connectivity index (χ3n) is 5.69. The van der Waals surface area contributed by atoms with E-state index in [0.717, 1.165) is 44.0 Å². The van der Waals surface area contributed by atoms with Crippen LogP contribution in [0.1, 0.15) is 12.0 Å². The van der Waals surface area contributed by atoms with Crippen LogP contribution in [-0.2, 0) is 11.3 Å². The van der Waals surface area contributed by atoms with E-state index < -0.39 is 0 Å². The second-order valence-corrected chi connectivity index (χ2v) is 7.72. The molecule has 0 spiro atoms. The van der Waals surface area contributed by atoms with E-state index in [2.05, 4.69) is 52.3 Å². The van der Waals surface area contributed by atoms with E-state index in [0.29, 0.717) is 13.0 Å². The molecule has 1 aliphatic heterocycles. The molecule has 4 heteroatoms. The minimum absolute atomic E-state index is 0.176. The second kappa shape index (κ2) is 10.1. The number of anilines is 2. The maximum Gasteiger partial charge on any atom is 0.228 e. The van der Waals surface area contributed by atoms with Crippen molar-refractivity contribution in [1.29, 1.82) is 0 Å². The maximum absolute atomic E-state index is 13.2. The molecule has 0 unspecified atom stereocenters. The number of hydrogen-bond donors (Lipinski definition) is 0. The average Bonchev–Trinajstić information content (AvgIpc) is 2.83. The molecule has 0 aliphatic carbocycles. The summed E-state index contributed by atoms with van der Waals surface area (Å²) in [5.41, 5.74) is 3.39. The first kappa shape index (κ1) is 20.2. The quantitative estimate of drug-likeness (QED) is 0.588. The SMILES string of the molecule is O=C(CCN1CCN(c2ccccc2)CC1)N(Cc1ccccc1)c1ccccc1. The van der Waals surface area contributed by atoms with Gasteiger partial charge in [0.25, 0.3) is 0 Å². The van der Waals surface area contributed by atoms with Crippen LogP contribution in [0.2, 0.25) is 0 Å². The number of para-hydroxylation sites is 2. The van der Waals surface area contributed by atoms with Crippen LogP contribution in [0.25, 0.3) is 0 Å². The third kappa shape index (κ3) is 5.28. The molecule has 1 heterocycles. The van der Waals surface area contributed by atoms with Gasteiger partial charge in [0.1, 0.15) is 0 Å². The predicted molar refractivity (Wildman–Crippen MR) is 124 cm³/mol. The van der Waals surface area contributed by atoms with Crippen LogP contribution in [0.3, 0.4) is 0 Å². The van der Waals surface area contributed by atoms with E-state index in [1.165, 1.54) is 5.69 Å². The predicted octanol–water partition coefficient (Wildman–Crippen LogP) is 4.43. The zero-order chi connectivity index (χ0) is 20.6. The van der Waals surface area contributed by atoms with Gasteiger partial charge < -0.3 is 9.80 Å². The summed E-state index contributed by atoms with van der Waals surface area (Å²) in [5.74, 6) is 0.176. The normalized spacial score (nSPS) is 14.5. The first-order chi connectivity index (χ1) is 14.8. The molecular formula is C26H29N3O. The number of carbonyl (C=O) groups excluding carboxylic acids is 1. The van der Waals surface area contributed by atoms with Crippen molar-refractivity contribution in [3.63, 3.8) is 0 Å². The molecular weight excluding hydrogens is 370 g/mol. The molecule has 30 heavy (non-hydrogen) atoms. The van der Waals surface area contributed by atoms with Crippen LogP contribution in [0.5, 0.6) is 0 Å². The van der Waals surface area contributed by atoms with Gasteiger partial charge in [-0.2, -0.15) is 0 Å². The van der Waals surface area contributed by atoms with Crippen molar-refractivity contribution in [3.05, 3.63) is 96.6 Å². The Morgan fingerprint density at radius 1 is 0.733 bits per heavy atom. The maximum atomic E-state index is 13.2. The summed E-state index contributed by atoms with van der Waals surface area (Å²) in [6.45, 7) is 5.40. The number of nitrogens with zero attached hydrogens (tertiary/aromatic N) is 3. The standard InChI is InChI=1S/C26H29N3O/c30-26(16-17-27-18-20-28(21-19-27)24-12-6-2-7-13-24)29(25-14-8-3-9-15-25)22-23-10-4-1-5-11-23/h1-15H,16-22H2. The highest BCUT2D eigenvalue weighted by Gasteiger charge is 2.20. The Bertz CT molecular complexity index is 907. The van der Waals surface area contributed by atoms with Gasteiger partial charge in [-0.25, -0.2) is 0 Å². The molecule has 4 rings (SSSR count). The molecule has 0 atom stereocenters. The Morgan fingerprint density at radius 3 is 1.93 bits per heavy atom. The first-order valence-corrected chi connectivity index (χ1v) is 10.7. The number of piperazine rings is 1.